The van der Waals surface area contributed by atoms with E-state index >= 15 is 0 Å². The van der Waals surface area contributed by atoms with Crippen LogP contribution >= 0.6 is 0 Å². The minimum absolute atomic E-state index is 0.0644. The van der Waals surface area contributed by atoms with Crippen LogP contribution in [0.3, 0.4) is 0 Å². The minimum atomic E-state index is -4.89. The first-order valence-electron chi connectivity index (χ1n) is 8.32. The second-order valence-corrected chi connectivity index (χ2v) is 9.52. The number of hydrogen-bond acceptors (Lipinski definition) is 6. The summed E-state index contributed by atoms with van der Waals surface area (Å²) >= 11 is 0. The predicted octanol–water partition coefficient (Wildman–Crippen LogP) is 2.70. The van der Waals surface area contributed by atoms with Crippen molar-refractivity contribution in [1.82, 2.24) is 4.72 Å². The molecule has 2 aromatic carbocycles. The summed E-state index contributed by atoms with van der Waals surface area (Å²) in [5.41, 5.74) is 0.0644. The summed E-state index contributed by atoms with van der Waals surface area (Å²) in [6.45, 7) is 1.79. The first-order chi connectivity index (χ1) is 13.8. The fourth-order valence-electron chi connectivity index (χ4n) is 2.35. The van der Waals surface area contributed by atoms with Crippen LogP contribution in [-0.2, 0) is 24.8 Å². The fourth-order valence-corrected chi connectivity index (χ4v) is 4.64. The van der Waals surface area contributed by atoms with Crippen LogP contribution in [0.25, 0.3) is 0 Å². The molecule has 2 rings (SSSR count). The number of alkyl halides is 3. The van der Waals surface area contributed by atoms with Crippen molar-refractivity contribution in [2.45, 2.75) is 29.1 Å². The maximum Gasteiger partial charge on any atom is 0.573 e. The third kappa shape index (κ3) is 6.86. The molecule has 0 radical (unpaired) electrons. The first-order valence-corrected chi connectivity index (χ1v) is 11.3. The van der Waals surface area contributed by atoms with E-state index < -0.39 is 38.2 Å². The molecule has 0 amide bonds. The SMILES string of the molecule is COCC(C)NS(=O)(=O)c1ccc(NS(=O)(=O)c2ccc(OC(F)(F)F)cc2)cc1. The van der Waals surface area contributed by atoms with Gasteiger partial charge in [-0.15, -0.1) is 13.2 Å². The van der Waals surface area contributed by atoms with Gasteiger partial charge in [0.1, 0.15) is 5.75 Å². The van der Waals surface area contributed by atoms with Crippen molar-refractivity contribution >= 4 is 25.7 Å². The van der Waals surface area contributed by atoms with Gasteiger partial charge < -0.3 is 9.47 Å². The highest BCUT2D eigenvalue weighted by atomic mass is 32.2. The molecular formula is C17H19F3N2O6S2. The van der Waals surface area contributed by atoms with Crippen molar-refractivity contribution in [3.05, 3.63) is 48.5 Å². The molecule has 30 heavy (non-hydrogen) atoms. The average molecular weight is 468 g/mol. The van der Waals surface area contributed by atoms with Gasteiger partial charge in [0.25, 0.3) is 10.0 Å². The van der Waals surface area contributed by atoms with E-state index in [4.69, 9.17) is 4.74 Å². The highest BCUT2D eigenvalue weighted by Crippen LogP contribution is 2.25. The molecule has 0 heterocycles. The number of halogens is 3. The summed E-state index contributed by atoms with van der Waals surface area (Å²) in [7, 11) is -6.51. The Morgan fingerprint density at radius 1 is 0.900 bits per heavy atom. The van der Waals surface area contributed by atoms with E-state index in [2.05, 4.69) is 14.2 Å². The van der Waals surface area contributed by atoms with Gasteiger partial charge in [0.15, 0.2) is 0 Å². The van der Waals surface area contributed by atoms with Crippen LogP contribution in [0.5, 0.6) is 5.75 Å². The van der Waals surface area contributed by atoms with Gasteiger partial charge in [-0.25, -0.2) is 21.6 Å². The molecule has 166 valence electrons. The van der Waals surface area contributed by atoms with Crippen molar-refractivity contribution in [3.63, 3.8) is 0 Å². The summed E-state index contributed by atoms with van der Waals surface area (Å²) in [6.07, 6.45) is -4.89. The smallest absolute Gasteiger partial charge is 0.406 e. The van der Waals surface area contributed by atoms with Crippen molar-refractivity contribution in [1.29, 1.82) is 0 Å². The molecule has 0 aliphatic carbocycles. The Bertz CT molecular complexity index is 1050. The Morgan fingerprint density at radius 2 is 1.40 bits per heavy atom. The van der Waals surface area contributed by atoms with Crippen LogP contribution in [0.15, 0.2) is 58.3 Å². The van der Waals surface area contributed by atoms with Gasteiger partial charge in [-0.1, -0.05) is 0 Å². The monoisotopic (exact) mass is 468 g/mol. The van der Waals surface area contributed by atoms with Crippen molar-refractivity contribution in [2.75, 3.05) is 18.4 Å². The third-order valence-electron chi connectivity index (χ3n) is 3.56. The lowest BCUT2D eigenvalue weighted by molar-refractivity contribution is -0.274. The van der Waals surface area contributed by atoms with E-state index in [0.717, 1.165) is 24.3 Å². The molecule has 0 spiro atoms. The van der Waals surface area contributed by atoms with Crippen LogP contribution in [0.1, 0.15) is 6.92 Å². The van der Waals surface area contributed by atoms with Gasteiger partial charge in [0, 0.05) is 18.8 Å². The third-order valence-corrected chi connectivity index (χ3v) is 6.56. The molecule has 2 N–H and O–H groups in total. The number of rotatable bonds is 9. The maximum absolute atomic E-state index is 12.4. The van der Waals surface area contributed by atoms with E-state index in [9.17, 15) is 30.0 Å². The largest absolute Gasteiger partial charge is 0.573 e. The normalized spacial score (nSPS) is 13.6. The van der Waals surface area contributed by atoms with Crippen LogP contribution in [-0.4, -0.2) is 43.0 Å². The van der Waals surface area contributed by atoms with Gasteiger partial charge >= 0.3 is 6.36 Å². The highest BCUT2D eigenvalue weighted by molar-refractivity contribution is 7.92. The Morgan fingerprint density at radius 3 is 1.90 bits per heavy atom. The standard InChI is InChI=1S/C17H19F3N2O6S2/c1-12(11-27-2)21-29(23,24)15-7-3-13(4-8-15)22-30(25,26)16-9-5-14(6-10-16)28-17(18,19)20/h3-10,12,21-22H,11H2,1-2H3. The summed E-state index contributed by atoms with van der Waals surface area (Å²) in [4.78, 5) is -0.383. The molecule has 0 aromatic heterocycles. The summed E-state index contributed by atoms with van der Waals surface area (Å²) in [5.74, 6) is -0.564. The van der Waals surface area contributed by atoms with Crippen molar-refractivity contribution < 1.29 is 39.5 Å². The number of nitrogens with one attached hydrogen (secondary N) is 2. The zero-order valence-corrected chi connectivity index (χ0v) is 17.4. The van der Waals surface area contributed by atoms with Crippen LogP contribution in [0.2, 0.25) is 0 Å². The molecular weight excluding hydrogens is 449 g/mol. The molecule has 0 fully saturated rings. The molecule has 0 aliphatic heterocycles. The first kappa shape index (κ1) is 23.9. The number of ether oxygens (including phenoxy) is 2. The summed E-state index contributed by atoms with van der Waals surface area (Å²) in [6, 6.07) is 8.06. The quantitative estimate of drug-likeness (QED) is 0.586. The lowest BCUT2D eigenvalue weighted by Crippen LogP contribution is -2.35. The van der Waals surface area contributed by atoms with Gasteiger partial charge in [-0.3, -0.25) is 4.72 Å². The van der Waals surface area contributed by atoms with E-state index in [0.29, 0.717) is 0 Å². The average Bonchev–Trinajstić information content (AvgIpc) is 2.60. The second kappa shape index (κ2) is 9.20. The highest BCUT2D eigenvalue weighted by Gasteiger charge is 2.31. The Hall–Kier alpha value is -2.35. The van der Waals surface area contributed by atoms with E-state index in [1.165, 1.54) is 31.4 Å². The summed E-state index contributed by atoms with van der Waals surface area (Å²) in [5, 5.41) is 0. The minimum Gasteiger partial charge on any atom is -0.406 e. The molecule has 13 heteroatoms. The van der Waals surface area contributed by atoms with Gasteiger partial charge in [-0.05, 0) is 55.5 Å². The van der Waals surface area contributed by atoms with Gasteiger partial charge in [0.2, 0.25) is 10.0 Å². The molecule has 2 aromatic rings. The number of anilines is 1. The fraction of sp³-hybridized carbons (Fsp3) is 0.294. The Balaban J connectivity index is 2.12. The number of benzene rings is 2. The Labute approximate surface area is 172 Å². The number of hydrogen-bond donors (Lipinski definition) is 2. The predicted molar refractivity (Wildman–Crippen MR) is 102 cm³/mol. The lowest BCUT2D eigenvalue weighted by atomic mass is 10.3. The molecule has 0 bridgehead atoms. The molecule has 8 nitrogen and oxygen atoms in total. The van der Waals surface area contributed by atoms with Crippen LogP contribution < -0.4 is 14.2 Å². The van der Waals surface area contributed by atoms with Crippen molar-refractivity contribution in [2.24, 2.45) is 0 Å². The van der Waals surface area contributed by atoms with Gasteiger partial charge in [-0.2, -0.15) is 0 Å². The van der Waals surface area contributed by atoms with Crippen molar-refractivity contribution in [3.8, 4) is 5.75 Å². The molecule has 0 saturated carbocycles. The zero-order valence-electron chi connectivity index (χ0n) is 15.8. The number of sulfonamides is 2. The van der Waals surface area contributed by atoms with Gasteiger partial charge in [0.05, 0.1) is 16.4 Å². The molecule has 1 unspecified atom stereocenters. The van der Waals surface area contributed by atoms with Crippen LogP contribution in [0, 0.1) is 0 Å². The number of methoxy groups -OCH3 is 1. The summed E-state index contributed by atoms with van der Waals surface area (Å²) < 4.78 is 99.0. The second-order valence-electron chi connectivity index (χ2n) is 6.13. The zero-order chi connectivity index (χ0) is 22.6. The molecule has 0 saturated heterocycles. The van der Waals surface area contributed by atoms with E-state index in [-0.39, 0.29) is 22.1 Å². The lowest BCUT2D eigenvalue weighted by Gasteiger charge is -2.14. The molecule has 0 aliphatic rings. The topological polar surface area (TPSA) is 111 Å². The molecule has 1 atom stereocenters. The van der Waals surface area contributed by atoms with E-state index in [1.54, 1.807) is 6.92 Å². The van der Waals surface area contributed by atoms with Crippen LogP contribution in [0.4, 0.5) is 18.9 Å². The maximum atomic E-state index is 12.4. The van der Waals surface area contributed by atoms with E-state index in [1.807, 2.05) is 0 Å². The Kier molecular flexibility index (Phi) is 7.34.